The summed E-state index contributed by atoms with van der Waals surface area (Å²) in [5.41, 5.74) is 7.29. The summed E-state index contributed by atoms with van der Waals surface area (Å²) in [4.78, 5) is 0. The molecule has 1 unspecified atom stereocenters. The number of benzene rings is 2. The molecule has 0 heterocycles. The Balaban J connectivity index is 2.24. The first-order chi connectivity index (χ1) is 8.83. The van der Waals surface area contributed by atoms with E-state index >= 15 is 0 Å². The minimum Gasteiger partial charge on any atom is -0.0622 e. The SMILES string of the molecule is CCC1=C(c2ccccc2)c2ccccc2C1C. The molecule has 0 bridgehead atoms. The van der Waals surface area contributed by atoms with Gasteiger partial charge >= 0.3 is 0 Å². The van der Waals surface area contributed by atoms with E-state index in [4.69, 9.17) is 0 Å². The van der Waals surface area contributed by atoms with Crippen molar-refractivity contribution in [3.8, 4) is 0 Å². The molecule has 2 aromatic carbocycles. The van der Waals surface area contributed by atoms with Crippen molar-refractivity contribution in [3.05, 3.63) is 76.9 Å². The first-order valence-electron chi connectivity index (χ1n) is 6.70. The number of fused-ring (bicyclic) bond motifs is 1. The zero-order chi connectivity index (χ0) is 12.5. The van der Waals surface area contributed by atoms with Crippen LogP contribution >= 0.6 is 0 Å². The van der Waals surface area contributed by atoms with Crippen molar-refractivity contribution in [1.82, 2.24) is 0 Å². The van der Waals surface area contributed by atoms with Gasteiger partial charge in [0.05, 0.1) is 0 Å². The lowest BCUT2D eigenvalue weighted by Crippen LogP contribution is -1.91. The molecular weight excluding hydrogens is 216 g/mol. The Morgan fingerprint density at radius 2 is 1.56 bits per heavy atom. The van der Waals surface area contributed by atoms with Crippen LogP contribution in [0.1, 0.15) is 42.9 Å². The summed E-state index contributed by atoms with van der Waals surface area (Å²) in [6.45, 7) is 4.59. The van der Waals surface area contributed by atoms with Crippen LogP contribution in [0, 0.1) is 0 Å². The van der Waals surface area contributed by atoms with E-state index in [1.54, 1.807) is 5.57 Å². The molecule has 1 atom stereocenters. The van der Waals surface area contributed by atoms with Gasteiger partial charge in [-0.3, -0.25) is 0 Å². The molecule has 0 spiro atoms. The average Bonchev–Trinajstić information content (AvgIpc) is 2.73. The number of hydrogen-bond donors (Lipinski definition) is 0. The molecule has 0 saturated carbocycles. The largest absolute Gasteiger partial charge is 0.0622 e. The standard InChI is InChI=1S/C18H18/c1-3-15-13(2)16-11-7-8-12-17(16)18(15)14-9-5-4-6-10-14/h4-13H,3H2,1-2H3. The molecule has 90 valence electrons. The molecule has 0 nitrogen and oxygen atoms in total. The third-order valence-corrected chi connectivity index (χ3v) is 3.98. The molecule has 2 aromatic rings. The highest BCUT2D eigenvalue weighted by molar-refractivity contribution is 5.88. The first-order valence-corrected chi connectivity index (χ1v) is 6.70. The average molecular weight is 234 g/mol. The molecule has 1 aliphatic carbocycles. The fourth-order valence-electron chi connectivity index (χ4n) is 3.11. The predicted octanol–water partition coefficient (Wildman–Crippen LogP) is 5.02. The van der Waals surface area contributed by atoms with E-state index in [-0.39, 0.29) is 0 Å². The smallest absolute Gasteiger partial charge is 0.00353 e. The maximum Gasteiger partial charge on any atom is 0.00353 e. The number of allylic oxidation sites excluding steroid dienone is 1. The van der Waals surface area contributed by atoms with Gasteiger partial charge in [0, 0.05) is 5.92 Å². The molecule has 0 N–H and O–H groups in total. The lowest BCUT2D eigenvalue weighted by molar-refractivity contribution is 0.863. The molecular formula is C18H18. The van der Waals surface area contributed by atoms with Crippen molar-refractivity contribution in [3.63, 3.8) is 0 Å². The normalized spacial score (nSPS) is 18.0. The Labute approximate surface area is 109 Å². The van der Waals surface area contributed by atoms with Crippen LogP contribution in [-0.2, 0) is 0 Å². The van der Waals surface area contributed by atoms with Crippen molar-refractivity contribution in [2.75, 3.05) is 0 Å². The van der Waals surface area contributed by atoms with Crippen molar-refractivity contribution in [2.24, 2.45) is 0 Å². The Hall–Kier alpha value is -1.82. The van der Waals surface area contributed by atoms with Crippen LogP contribution in [0.2, 0.25) is 0 Å². The van der Waals surface area contributed by atoms with Gasteiger partial charge in [0.15, 0.2) is 0 Å². The summed E-state index contributed by atoms with van der Waals surface area (Å²) in [6, 6.07) is 19.6. The Kier molecular flexibility index (Phi) is 2.79. The Morgan fingerprint density at radius 1 is 0.889 bits per heavy atom. The number of rotatable bonds is 2. The van der Waals surface area contributed by atoms with Gasteiger partial charge in [0.2, 0.25) is 0 Å². The Morgan fingerprint density at radius 3 is 2.28 bits per heavy atom. The molecule has 0 aromatic heterocycles. The molecule has 0 aliphatic heterocycles. The van der Waals surface area contributed by atoms with Gasteiger partial charge in [-0.05, 0) is 28.7 Å². The predicted molar refractivity (Wildman–Crippen MR) is 77.6 cm³/mol. The topological polar surface area (TPSA) is 0 Å². The summed E-state index contributed by atoms with van der Waals surface area (Å²) in [5.74, 6) is 0.557. The highest BCUT2D eigenvalue weighted by Crippen LogP contribution is 2.45. The molecule has 0 amide bonds. The summed E-state index contributed by atoms with van der Waals surface area (Å²) in [6.07, 6.45) is 1.13. The lowest BCUT2D eigenvalue weighted by atomic mass is 9.95. The van der Waals surface area contributed by atoms with Gasteiger partial charge in [0.1, 0.15) is 0 Å². The molecule has 0 heteroatoms. The van der Waals surface area contributed by atoms with E-state index < -0.39 is 0 Å². The molecule has 18 heavy (non-hydrogen) atoms. The van der Waals surface area contributed by atoms with Crippen LogP contribution in [0.5, 0.6) is 0 Å². The van der Waals surface area contributed by atoms with Crippen LogP contribution in [-0.4, -0.2) is 0 Å². The number of hydrogen-bond acceptors (Lipinski definition) is 0. The van der Waals surface area contributed by atoms with Crippen LogP contribution in [0.15, 0.2) is 60.2 Å². The van der Waals surface area contributed by atoms with Crippen LogP contribution in [0.4, 0.5) is 0 Å². The van der Waals surface area contributed by atoms with Gasteiger partial charge in [-0.2, -0.15) is 0 Å². The summed E-state index contributed by atoms with van der Waals surface area (Å²) < 4.78 is 0. The molecule has 1 aliphatic rings. The van der Waals surface area contributed by atoms with E-state index in [1.807, 2.05) is 0 Å². The second-order valence-corrected chi connectivity index (χ2v) is 4.93. The fourth-order valence-corrected chi connectivity index (χ4v) is 3.11. The van der Waals surface area contributed by atoms with Gasteiger partial charge in [-0.1, -0.05) is 74.0 Å². The van der Waals surface area contributed by atoms with Crippen molar-refractivity contribution in [2.45, 2.75) is 26.2 Å². The second kappa shape index (κ2) is 4.45. The summed E-state index contributed by atoms with van der Waals surface area (Å²) in [7, 11) is 0. The van der Waals surface area contributed by atoms with Gasteiger partial charge in [-0.25, -0.2) is 0 Å². The van der Waals surface area contributed by atoms with E-state index in [2.05, 4.69) is 68.4 Å². The second-order valence-electron chi connectivity index (χ2n) is 4.93. The van der Waals surface area contributed by atoms with Crippen LogP contribution in [0.25, 0.3) is 5.57 Å². The summed E-state index contributed by atoms with van der Waals surface area (Å²) >= 11 is 0. The third kappa shape index (κ3) is 1.60. The van der Waals surface area contributed by atoms with Crippen molar-refractivity contribution >= 4 is 5.57 Å². The zero-order valence-electron chi connectivity index (χ0n) is 11.0. The quantitative estimate of drug-likeness (QED) is 0.684. The molecule has 0 fully saturated rings. The van der Waals surface area contributed by atoms with E-state index in [0.717, 1.165) is 6.42 Å². The fraction of sp³-hybridized carbons (Fsp3) is 0.222. The van der Waals surface area contributed by atoms with Gasteiger partial charge in [-0.15, -0.1) is 0 Å². The summed E-state index contributed by atoms with van der Waals surface area (Å²) in [5, 5.41) is 0. The van der Waals surface area contributed by atoms with E-state index in [9.17, 15) is 0 Å². The van der Waals surface area contributed by atoms with Gasteiger partial charge < -0.3 is 0 Å². The monoisotopic (exact) mass is 234 g/mol. The first kappa shape index (κ1) is 11.3. The third-order valence-electron chi connectivity index (χ3n) is 3.98. The minimum atomic E-state index is 0.557. The van der Waals surface area contributed by atoms with Gasteiger partial charge in [0.25, 0.3) is 0 Å². The maximum absolute atomic E-state index is 2.33. The zero-order valence-corrected chi connectivity index (χ0v) is 11.0. The van der Waals surface area contributed by atoms with E-state index in [0.29, 0.717) is 5.92 Å². The Bertz CT molecular complexity index is 590. The van der Waals surface area contributed by atoms with Crippen LogP contribution < -0.4 is 0 Å². The molecule has 0 saturated heterocycles. The highest BCUT2D eigenvalue weighted by Gasteiger charge is 2.27. The highest BCUT2D eigenvalue weighted by atomic mass is 14.3. The molecule has 0 radical (unpaired) electrons. The minimum absolute atomic E-state index is 0.557. The van der Waals surface area contributed by atoms with Crippen molar-refractivity contribution in [1.29, 1.82) is 0 Å². The van der Waals surface area contributed by atoms with Crippen LogP contribution in [0.3, 0.4) is 0 Å². The maximum atomic E-state index is 2.33. The lowest BCUT2D eigenvalue weighted by Gasteiger charge is -2.09. The van der Waals surface area contributed by atoms with E-state index in [1.165, 1.54) is 22.3 Å². The molecule has 3 rings (SSSR count). The van der Waals surface area contributed by atoms with Crippen molar-refractivity contribution < 1.29 is 0 Å².